The number of hydrogen-bond acceptors (Lipinski definition) is 4. The third-order valence-corrected chi connectivity index (χ3v) is 4.64. The van der Waals surface area contributed by atoms with Crippen LogP contribution >= 0.6 is 0 Å². The summed E-state index contributed by atoms with van der Waals surface area (Å²) in [5, 5.41) is 0. The molecule has 19 heavy (non-hydrogen) atoms. The summed E-state index contributed by atoms with van der Waals surface area (Å²) in [4.78, 5) is 0. The Hall–Kier alpha value is -1.47. The van der Waals surface area contributed by atoms with E-state index in [0.717, 1.165) is 19.3 Å². The van der Waals surface area contributed by atoms with Gasteiger partial charge in [0.05, 0.1) is 12.8 Å². The minimum absolute atomic E-state index is 0.405. The zero-order valence-electron chi connectivity index (χ0n) is 10.9. The molecule has 1 aliphatic rings. The smallest absolute Gasteiger partial charge is 0.301 e. The Balaban J connectivity index is 2.19. The van der Waals surface area contributed by atoms with Crippen LogP contribution in [0.15, 0.2) is 18.2 Å². The van der Waals surface area contributed by atoms with Gasteiger partial charge in [0.1, 0.15) is 5.75 Å². The molecule has 0 bridgehead atoms. The predicted molar refractivity (Wildman–Crippen MR) is 75.4 cm³/mol. The highest BCUT2D eigenvalue weighted by molar-refractivity contribution is 7.90. The molecule has 0 atom stereocenters. The normalized spacial score (nSPS) is 17.1. The van der Waals surface area contributed by atoms with Crippen molar-refractivity contribution in [3.63, 3.8) is 0 Å². The van der Waals surface area contributed by atoms with Crippen LogP contribution in [0.3, 0.4) is 0 Å². The maximum atomic E-state index is 12.2. The molecular weight excluding hydrogens is 266 g/mol. The molecule has 0 radical (unpaired) electrons. The number of benzene rings is 1. The molecule has 1 fully saturated rings. The largest absolute Gasteiger partial charge is 0.494 e. The Morgan fingerprint density at radius 3 is 2.58 bits per heavy atom. The van der Waals surface area contributed by atoms with Crippen molar-refractivity contribution in [1.29, 1.82) is 0 Å². The molecule has 3 N–H and O–H groups in total. The molecule has 1 heterocycles. The number of methoxy groups -OCH3 is 1. The fourth-order valence-corrected chi connectivity index (χ4v) is 3.42. The Morgan fingerprint density at radius 2 is 1.95 bits per heavy atom. The zero-order valence-corrected chi connectivity index (χ0v) is 11.7. The minimum atomic E-state index is -3.52. The van der Waals surface area contributed by atoms with E-state index in [2.05, 4.69) is 4.72 Å². The van der Waals surface area contributed by atoms with Crippen molar-refractivity contribution in [2.75, 3.05) is 30.7 Å². The van der Waals surface area contributed by atoms with Gasteiger partial charge in [-0.05, 0) is 25.0 Å². The van der Waals surface area contributed by atoms with E-state index in [-0.39, 0.29) is 0 Å². The molecule has 1 aromatic rings. The molecule has 0 amide bonds. The standard InChI is InChI=1S/C12H19N3O3S/c1-18-12-9-10(13)5-6-11(12)14-19(16,17)15-7-3-2-4-8-15/h5-6,9,14H,2-4,7-8,13H2,1H3. The maximum absolute atomic E-state index is 12.2. The molecule has 6 nitrogen and oxygen atoms in total. The highest BCUT2D eigenvalue weighted by atomic mass is 32.2. The lowest BCUT2D eigenvalue weighted by Gasteiger charge is -2.26. The first kappa shape index (κ1) is 14.0. The summed E-state index contributed by atoms with van der Waals surface area (Å²) in [6.45, 7) is 1.12. The van der Waals surface area contributed by atoms with Crippen molar-refractivity contribution in [3.8, 4) is 5.75 Å². The molecule has 0 aliphatic carbocycles. The summed E-state index contributed by atoms with van der Waals surface area (Å²) in [5.74, 6) is 0.417. The van der Waals surface area contributed by atoms with Crippen molar-refractivity contribution in [2.24, 2.45) is 0 Å². The molecule has 0 unspecified atom stereocenters. The summed E-state index contributed by atoms with van der Waals surface area (Å²) in [5.41, 5.74) is 6.57. The number of nitrogens with zero attached hydrogens (tertiary/aromatic N) is 1. The quantitative estimate of drug-likeness (QED) is 0.819. The molecular formula is C12H19N3O3S. The van der Waals surface area contributed by atoms with Gasteiger partial charge in [-0.15, -0.1) is 0 Å². The van der Waals surface area contributed by atoms with Crippen LogP contribution in [0.2, 0.25) is 0 Å². The summed E-state index contributed by atoms with van der Waals surface area (Å²) in [6.07, 6.45) is 2.89. The fourth-order valence-electron chi connectivity index (χ4n) is 2.10. The molecule has 7 heteroatoms. The second-order valence-electron chi connectivity index (χ2n) is 4.53. The number of nitrogens with one attached hydrogen (secondary N) is 1. The van der Waals surface area contributed by atoms with Crippen molar-refractivity contribution >= 4 is 21.6 Å². The third-order valence-electron chi connectivity index (χ3n) is 3.12. The van der Waals surface area contributed by atoms with Crippen LogP contribution in [-0.4, -0.2) is 32.9 Å². The lowest BCUT2D eigenvalue weighted by atomic mass is 10.2. The van der Waals surface area contributed by atoms with Crippen LogP contribution < -0.4 is 15.2 Å². The molecule has 2 rings (SSSR count). The van der Waals surface area contributed by atoms with Crippen molar-refractivity contribution in [3.05, 3.63) is 18.2 Å². The molecule has 0 spiro atoms. The van der Waals surface area contributed by atoms with E-state index in [1.807, 2.05) is 0 Å². The van der Waals surface area contributed by atoms with Crippen LogP contribution in [-0.2, 0) is 10.2 Å². The van der Waals surface area contributed by atoms with Gasteiger partial charge in [0.2, 0.25) is 0 Å². The van der Waals surface area contributed by atoms with Crippen LogP contribution in [0, 0.1) is 0 Å². The number of ether oxygens (including phenoxy) is 1. The summed E-state index contributed by atoms with van der Waals surface area (Å²) >= 11 is 0. The van der Waals surface area contributed by atoms with E-state index in [4.69, 9.17) is 10.5 Å². The molecule has 106 valence electrons. The van der Waals surface area contributed by atoms with Gasteiger partial charge in [0.25, 0.3) is 0 Å². The van der Waals surface area contributed by atoms with Crippen molar-refractivity contribution in [1.82, 2.24) is 4.31 Å². The van der Waals surface area contributed by atoms with Gasteiger partial charge in [-0.25, -0.2) is 0 Å². The van der Waals surface area contributed by atoms with Crippen molar-refractivity contribution < 1.29 is 13.2 Å². The van der Waals surface area contributed by atoms with Crippen LogP contribution in [0.1, 0.15) is 19.3 Å². The average Bonchev–Trinajstić information content (AvgIpc) is 2.41. The SMILES string of the molecule is COc1cc(N)ccc1NS(=O)(=O)N1CCCCC1. The van der Waals surface area contributed by atoms with E-state index in [1.54, 1.807) is 18.2 Å². The summed E-state index contributed by atoms with van der Waals surface area (Å²) in [7, 11) is -2.04. The van der Waals surface area contributed by atoms with Crippen molar-refractivity contribution in [2.45, 2.75) is 19.3 Å². The van der Waals surface area contributed by atoms with Gasteiger partial charge < -0.3 is 10.5 Å². The van der Waals surface area contributed by atoms with Gasteiger partial charge in [-0.1, -0.05) is 6.42 Å². The molecule has 1 aliphatic heterocycles. The lowest BCUT2D eigenvalue weighted by molar-refractivity contribution is 0.348. The average molecular weight is 285 g/mol. The first-order valence-electron chi connectivity index (χ1n) is 6.24. The highest BCUT2D eigenvalue weighted by Gasteiger charge is 2.24. The molecule has 1 aromatic carbocycles. The topological polar surface area (TPSA) is 84.7 Å². The maximum Gasteiger partial charge on any atom is 0.301 e. The Bertz CT molecular complexity index is 539. The number of anilines is 2. The van der Waals surface area contributed by atoms with E-state index in [1.165, 1.54) is 11.4 Å². The second-order valence-corrected chi connectivity index (χ2v) is 6.20. The van der Waals surface area contributed by atoms with Gasteiger partial charge in [-0.3, -0.25) is 4.72 Å². The van der Waals surface area contributed by atoms with Gasteiger partial charge >= 0.3 is 10.2 Å². The van der Waals surface area contributed by atoms with Crippen LogP contribution in [0.5, 0.6) is 5.75 Å². The second kappa shape index (κ2) is 5.66. The fraction of sp³-hybridized carbons (Fsp3) is 0.500. The van der Waals surface area contributed by atoms with Gasteiger partial charge in [-0.2, -0.15) is 12.7 Å². The van der Waals surface area contributed by atoms with Gasteiger partial charge in [0, 0.05) is 24.8 Å². The number of hydrogen-bond donors (Lipinski definition) is 2. The molecule has 0 saturated carbocycles. The van der Waals surface area contributed by atoms with E-state index in [0.29, 0.717) is 30.2 Å². The first-order valence-corrected chi connectivity index (χ1v) is 7.68. The number of nitrogen functional groups attached to an aromatic ring is 1. The number of rotatable bonds is 4. The zero-order chi connectivity index (χ0) is 13.9. The predicted octanol–water partition coefficient (Wildman–Crippen LogP) is 1.42. The summed E-state index contributed by atoms with van der Waals surface area (Å²) < 4.78 is 33.6. The highest BCUT2D eigenvalue weighted by Crippen LogP contribution is 2.28. The summed E-state index contributed by atoms with van der Waals surface area (Å²) in [6, 6.07) is 4.83. The molecule has 1 saturated heterocycles. The Kier molecular flexibility index (Phi) is 4.16. The van der Waals surface area contributed by atoms with Gasteiger partial charge in [0.15, 0.2) is 0 Å². The monoisotopic (exact) mass is 285 g/mol. The Morgan fingerprint density at radius 1 is 1.26 bits per heavy atom. The van der Waals surface area contributed by atoms with Crippen LogP contribution in [0.4, 0.5) is 11.4 Å². The number of piperidine rings is 1. The number of nitrogens with two attached hydrogens (primary N) is 1. The van der Waals surface area contributed by atoms with Crippen LogP contribution in [0.25, 0.3) is 0 Å². The minimum Gasteiger partial charge on any atom is -0.494 e. The Labute approximate surface area is 113 Å². The van der Waals surface area contributed by atoms with E-state index >= 15 is 0 Å². The first-order chi connectivity index (χ1) is 9.03. The third kappa shape index (κ3) is 3.30. The molecule has 0 aromatic heterocycles. The van der Waals surface area contributed by atoms with E-state index in [9.17, 15) is 8.42 Å². The van der Waals surface area contributed by atoms with E-state index < -0.39 is 10.2 Å². The lowest BCUT2D eigenvalue weighted by Crippen LogP contribution is -2.39.